The van der Waals surface area contributed by atoms with Gasteiger partial charge in [-0.15, -0.1) is 0 Å². The van der Waals surface area contributed by atoms with Gasteiger partial charge in [-0.3, -0.25) is 4.79 Å². The van der Waals surface area contributed by atoms with Gasteiger partial charge < -0.3 is 5.32 Å². The molecule has 3 aromatic rings. The van der Waals surface area contributed by atoms with E-state index >= 15 is 0 Å². The van der Waals surface area contributed by atoms with Gasteiger partial charge in [-0.2, -0.15) is 18.3 Å². The van der Waals surface area contributed by atoms with Gasteiger partial charge in [0.25, 0.3) is 5.91 Å². The van der Waals surface area contributed by atoms with E-state index < -0.39 is 17.6 Å². The Bertz CT molecular complexity index is 912. The molecule has 25 heavy (non-hydrogen) atoms. The molecule has 5 nitrogen and oxygen atoms in total. The molecule has 1 N–H and O–H groups in total. The molecule has 0 aliphatic rings. The van der Waals surface area contributed by atoms with E-state index in [9.17, 15) is 18.0 Å². The molecule has 2 heterocycles. The van der Waals surface area contributed by atoms with Crippen LogP contribution in [0.15, 0.2) is 24.3 Å². The zero-order valence-electron chi connectivity index (χ0n) is 13.5. The van der Waals surface area contributed by atoms with Crippen LogP contribution in [0.25, 0.3) is 4.96 Å². The third-order valence-corrected chi connectivity index (χ3v) is 4.78. The van der Waals surface area contributed by atoms with Gasteiger partial charge in [0.05, 0.1) is 23.5 Å². The Kier molecular flexibility index (Phi) is 4.51. The summed E-state index contributed by atoms with van der Waals surface area (Å²) >= 11 is 1.49. The summed E-state index contributed by atoms with van der Waals surface area (Å²) < 4.78 is 39.4. The molecule has 0 aliphatic heterocycles. The molecule has 0 bridgehead atoms. The van der Waals surface area contributed by atoms with E-state index in [0.717, 1.165) is 52.0 Å². The minimum Gasteiger partial charge on any atom is -0.346 e. The molecule has 0 fully saturated rings. The average Bonchev–Trinajstić information content (AvgIpc) is 3.08. The molecular weight excluding hydrogens is 353 g/mol. The molecular formula is C16H15F3N4OS. The van der Waals surface area contributed by atoms with Gasteiger partial charge in [0.15, 0.2) is 0 Å². The topological polar surface area (TPSA) is 59.3 Å². The van der Waals surface area contributed by atoms with Crippen molar-refractivity contribution in [3.63, 3.8) is 0 Å². The van der Waals surface area contributed by atoms with Crippen molar-refractivity contribution in [3.05, 3.63) is 51.8 Å². The quantitative estimate of drug-likeness (QED) is 0.765. The van der Waals surface area contributed by atoms with Crippen LogP contribution in [-0.2, 0) is 19.1 Å². The first-order chi connectivity index (χ1) is 11.8. The highest BCUT2D eigenvalue weighted by atomic mass is 32.1. The van der Waals surface area contributed by atoms with E-state index in [1.807, 2.05) is 13.8 Å². The molecule has 0 unspecified atom stereocenters. The molecule has 0 saturated carbocycles. The first-order valence-corrected chi connectivity index (χ1v) is 8.40. The molecule has 0 spiro atoms. The van der Waals surface area contributed by atoms with Crippen molar-refractivity contribution in [2.24, 2.45) is 0 Å². The fourth-order valence-electron chi connectivity index (χ4n) is 2.35. The number of hydrogen-bond donors (Lipinski definition) is 1. The van der Waals surface area contributed by atoms with Crippen molar-refractivity contribution in [2.45, 2.75) is 33.0 Å². The van der Waals surface area contributed by atoms with E-state index in [0.29, 0.717) is 0 Å². The lowest BCUT2D eigenvalue weighted by Gasteiger charge is -2.08. The summed E-state index contributed by atoms with van der Waals surface area (Å²) in [5.74, 6) is -0.450. The fourth-order valence-corrected chi connectivity index (χ4v) is 3.25. The number of carbonyl (C=O) groups is 1. The van der Waals surface area contributed by atoms with Gasteiger partial charge >= 0.3 is 6.18 Å². The largest absolute Gasteiger partial charge is 0.416 e. The van der Waals surface area contributed by atoms with Crippen molar-refractivity contribution in [3.8, 4) is 0 Å². The highest BCUT2D eigenvalue weighted by Crippen LogP contribution is 2.29. The number of nitrogens with one attached hydrogen (secondary N) is 1. The van der Waals surface area contributed by atoms with Gasteiger partial charge in [-0.05, 0) is 37.6 Å². The number of amides is 1. The van der Waals surface area contributed by atoms with Gasteiger partial charge in [0, 0.05) is 5.56 Å². The summed E-state index contributed by atoms with van der Waals surface area (Å²) in [5.41, 5.74) is 0.895. The second-order valence-corrected chi connectivity index (χ2v) is 6.49. The summed E-state index contributed by atoms with van der Waals surface area (Å²) in [4.78, 5) is 17.3. The molecule has 1 amide bonds. The number of imidazole rings is 1. The Morgan fingerprint density at radius 1 is 1.28 bits per heavy atom. The Labute approximate surface area is 145 Å². The van der Waals surface area contributed by atoms with Gasteiger partial charge in [0.2, 0.25) is 4.96 Å². The zero-order chi connectivity index (χ0) is 18.2. The third kappa shape index (κ3) is 3.51. The summed E-state index contributed by atoms with van der Waals surface area (Å²) in [6, 6.07) is 4.11. The maximum atomic E-state index is 12.6. The van der Waals surface area contributed by atoms with Gasteiger partial charge in [0.1, 0.15) is 5.01 Å². The maximum Gasteiger partial charge on any atom is 0.416 e. The number of fused-ring (bicyclic) bond motifs is 1. The summed E-state index contributed by atoms with van der Waals surface area (Å²) in [7, 11) is 0. The molecule has 3 rings (SSSR count). The Morgan fingerprint density at radius 3 is 2.56 bits per heavy atom. The van der Waals surface area contributed by atoms with Crippen molar-refractivity contribution < 1.29 is 18.0 Å². The maximum absolute atomic E-state index is 12.6. The molecule has 0 aliphatic carbocycles. The summed E-state index contributed by atoms with van der Waals surface area (Å²) in [6.45, 7) is 4.02. The number of aryl methyl sites for hydroxylation is 2. The molecule has 1 aromatic carbocycles. The monoisotopic (exact) mass is 368 g/mol. The zero-order valence-corrected chi connectivity index (χ0v) is 14.3. The highest BCUT2D eigenvalue weighted by molar-refractivity contribution is 7.16. The van der Waals surface area contributed by atoms with Crippen molar-refractivity contribution in [1.29, 1.82) is 0 Å². The van der Waals surface area contributed by atoms with Gasteiger partial charge in [-0.1, -0.05) is 18.3 Å². The lowest BCUT2D eigenvalue weighted by atomic mass is 10.1. The number of aromatic nitrogens is 3. The number of rotatable bonds is 4. The molecule has 0 atom stereocenters. The Balaban J connectivity index is 1.74. The van der Waals surface area contributed by atoms with Crippen LogP contribution in [0.4, 0.5) is 13.2 Å². The predicted octanol–water partition coefficient (Wildman–Crippen LogP) is 3.61. The van der Waals surface area contributed by atoms with Crippen molar-refractivity contribution in [1.82, 2.24) is 19.9 Å². The van der Waals surface area contributed by atoms with E-state index in [-0.39, 0.29) is 12.1 Å². The normalized spacial score (nSPS) is 11.9. The fraction of sp³-hybridized carbons (Fsp3) is 0.312. The lowest BCUT2D eigenvalue weighted by molar-refractivity contribution is -0.137. The minimum absolute atomic E-state index is 0.166. The van der Waals surface area contributed by atoms with Crippen LogP contribution >= 0.6 is 11.3 Å². The van der Waals surface area contributed by atoms with Crippen LogP contribution in [0.2, 0.25) is 0 Å². The number of halogens is 3. The van der Waals surface area contributed by atoms with Gasteiger partial charge in [-0.25, -0.2) is 9.50 Å². The van der Waals surface area contributed by atoms with Crippen LogP contribution in [-0.4, -0.2) is 20.5 Å². The molecule has 132 valence electrons. The summed E-state index contributed by atoms with van der Waals surface area (Å²) in [6.07, 6.45) is -3.62. The van der Waals surface area contributed by atoms with Crippen LogP contribution in [0.5, 0.6) is 0 Å². The number of carbonyl (C=O) groups excluding carboxylic acids is 1. The molecule has 9 heteroatoms. The third-order valence-electron chi connectivity index (χ3n) is 3.73. The van der Waals surface area contributed by atoms with Crippen LogP contribution in [0.3, 0.4) is 0 Å². The number of hydrogen-bond acceptors (Lipinski definition) is 4. The SMILES string of the molecule is CCc1nn2c(CNC(=O)c3ccc(C(F)(F)F)cc3)c(C)nc2s1. The van der Waals surface area contributed by atoms with Crippen LogP contribution in [0, 0.1) is 6.92 Å². The minimum atomic E-state index is -4.42. The summed E-state index contributed by atoms with van der Waals surface area (Å²) in [5, 5.41) is 8.08. The highest BCUT2D eigenvalue weighted by Gasteiger charge is 2.30. The van der Waals surface area contributed by atoms with Crippen molar-refractivity contribution in [2.75, 3.05) is 0 Å². The number of nitrogens with zero attached hydrogens (tertiary/aromatic N) is 3. The smallest absolute Gasteiger partial charge is 0.346 e. The number of benzene rings is 1. The van der Waals surface area contributed by atoms with Crippen LogP contribution < -0.4 is 5.32 Å². The van der Waals surface area contributed by atoms with E-state index in [4.69, 9.17) is 0 Å². The Hall–Kier alpha value is -2.42. The lowest BCUT2D eigenvalue weighted by Crippen LogP contribution is -2.24. The molecule has 2 aromatic heterocycles. The average molecular weight is 368 g/mol. The molecule has 0 radical (unpaired) electrons. The number of alkyl halides is 3. The van der Waals surface area contributed by atoms with E-state index in [1.54, 1.807) is 4.52 Å². The van der Waals surface area contributed by atoms with Crippen molar-refractivity contribution >= 4 is 22.2 Å². The predicted molar refractivity (Wildman–Crippen MR) is 87.6 cm³/mol. The second-order valence-electron chi connectivity index (χ2n) is 5.45. The Morgan fingerprint density at radius 2 is 1.96 bits per heavy atom. The van der Waals surface area contributed by atoms with E-state index in [2.05, 4.69) is 15.4 Å². The standard InChI is InChI=1S/C16H15F3N4OS/c1-3-13-22-23-12(9(2)21-15(23)25-13)8-20-14(24)10-4-6-11(7-5-10)16(17,18)19/h4-7H,3,8H2,1-2H3,(H,20,24). The molecule has 0 saturated heterocycles. The first kappa shape index (κ1) is 17.4. The van der Waals surface area contributed by atoms with E-state index in [1.165, 1.54) is 11.3 Å². The first-order valence-electron chi connectivity index (χ1n) is 7.59. The second kappa shape index (κ2) is 6.47. The van der Waals surface area contributed by atoms with Crippen LogP contribution in [0.1, 0.15) is 39.2 Å².